The van der Waals surface area contributed by atoms with E-state index in [1.54, 1.807) is 31.3 Å². The molecule has 0 aromatic heterocycles. The molecule has 0 aliphatic heterocycles. The Balaban J connectivity index is 2.37. The van der Waals surface area contributed by atoms with Crippen LogP contribution in [0.3, 0.4) is 0 Å². The highest BCUT2D eigenvalue weighted by molar-refractivity contribution is 9.10. The maximum atomic E-state index is 12.2. The molecule has 1 aromatic rings. The Kier molecular flexibility index (Phi) is 9.24. The molecule has 0 atom stereocenters. The Morgan fingerprint density at radius 1 is 1.09 bits per heavy atom. The largest absolute Gasteiger partial charge is 0.356 e. The average molecular weight is 404 g/mol. The zero-order chi connectivity index (χ0) is 17.1. The Hall–Kier alpha value is -1.08. The minimum absolute atomic E-state index is 0.0329. The molecule has 0 spiro atoms. The Morgan fingerprint density at radius 2 is 1.74 bits per heavy atom. The van der Waals surface area contributed by atoms with Gasteiger partial charge in [0.15, 0.2) is 15.8 Å². The van der Waals surface area contributed by atoms with Gasteiger partial charge in [0.1, 0.15) is 0 Å². The van der Waals surface area contributed by atoms with Crippen LogP contribution in [0.15, 0.2) is 38.6 Å². The van der Waals surface area contributed by atoms with Crippen LogP contribution in [0.4, 0.5) is 0 Å². The molecule has 5 nitrogen and oxygen atoms in total. The molecule has 0 heterocycles. The van der Waals surface area contributed by atoms with Crippen LogP contribution in [0.5, 0.6) is 0 Å². The number of guanidine groups is 1. The number of hydrogen-bond acceptors (Lipinski definition) is 3. The van der Waals surface area contributed by atoms with Crippen LogP contribution >= 0.6 is 15.9 Å². The second-order valence-electron chi connectivity index (χ2n) is 5.26. The second kappa shape index (κ2) is 10.6. The van der Waals surface area contributed by atoms with Gasteiger partial charge in [-0.3, -0.25) is 4.99 Å². The molecule has 0 amide bonds. The zero-order valence-electron chi connectivity index (χ0n) is 13.8. The van der Waals surface area contributed by atoms with Crippen molar-refractivity contribution in [1.82, 2.24) is 10.6 Å². The van der Waals surface area contributed by atoms with Crippen molar-refractivity contribution in [2.24, 2.45) is 4.99 Å². The van der Waals surface area contributed by atoms with E-state index in [0.29, 0.717) is 17.4 Å². The van der Waals surface area contributed by atoms with Gasteiger partial charge in [-0.15, -0.1) is 0 Å². The van der Waals surface area contributed by atoms with Gasteiger partial charge < -0.3 is 10.6 Å². The first-order valence-electron chi connectivity index (χ1n) is 7.92. The molecule has 130 valence electrons. The number of nitrogens with one attached hydrogen (secondary N) is 2. The topological polar surface area (TPSA) is 70.6 Å². The predicted molar refractivity (Wildman–Crippen MR) is 99.7 cm³/mol. The van der Waals surface area contributed by atoms with Gasteiger partial charge in [-0.2, -0.15) is 0 Å². The quantitative estimate of drug-likeness (QED) is 0.377. The van der Waals surface area contributed by atoms with Gasteiger partial charge in [-0.1, -0.05) is 42.1 Å². The molecule has 2 N–H and O–H groups in total. The lowest BCUT2D eigenvalue weighted by Gasteiger charge is -2.12. The number of unbranched alkanes of at least 4 members (excludes halogenated alkanes) is 3. The lowest BCUT2D eigenvalue weighted by Crippen LogP contribution is -2.39. The maximum Gasteiger partial charge on any atom is 0.191 e. The summed E-state index contributed by atoms with van der Waals surface area (Å²) in [6.45, 7) is 3.35. The van der Waals surface area contributed by atoms with Gasteiger partial charge in [0.05, 0.1) is 10.6 Å². The average Bonchev–Trinajstić information content (AvgIpc) is 2.53. The number of benzene rings is 1. The lowest BCUT2D eigenvalue weighted by molar-refractivity contribution is 0.594. The van der Waals surface area contributed by atoms with Crippen molar-refractivity contribution in [2.75, 3.05) is 25.9 Å². The van der Waals surface area contributed by atoms with E-state index in [2.05, 4.69) is 38.5 Å². The molecule has 0 bridgehead atoms. The lowest BCUT2D eigenvalue weighted by atomic mass is 10.2. The van der Waals surface area contributed by atoms with Crippen LogP contribution in [0.25, 0.3) is 0 Å². The van der Waals surface area contributed by atoms with E-state index < -0.39 is 9.84 Å². The van der Waals surface area contributed by atoms with Crippen molar-refractivity contribution in [2.45, 2.75) is 37.5 Å². The summed E-state index contributed by atoms with van der Waals surface area (Å²) in [5.41, 5.74) is 0. The van der Waals surface area contributed by atoms with Gasteiger partial charge in [0.2, 0.25) is 0 Å². The van der Waals surface area contributed by atoms with E-state index in [9.17, 15) is 8.42 Å². The first-order valence-corrected chi connectivity index (χ1v) is 10.4. The van der Waals surface area contributed by atoms with Gasteiger partial charge in [0, 0.05) is 24.6 Å². The molecule has 0 fully saturated rings. The summed E-state index contributed by atoms with van der Waals surface area (Å²) in [7, 11) is -1.59. The predicted octanol–water partition coefficient (Wildman–Crippen LogP) is 2.97. The van der Waals surface area contributed by atoms with E-state index in [4.69, 9.17) is 0 Å². The van der Waals surface area contributed by atoms with Gasteiger partial charge >= 0.3 is 0 Å². The molecule has 1 rings (SSSR count). The SMILES string of the molecule is CCCCCCNC(=NC)NCCS(=O)(=O)c1ccc(Br)cc1. The van der Waals surface area contributed by atoms with Gasteiger partial charge in [0.25, 0.3) is 0 Å². The summed E-state index contributed by atoms with van der Waals surface area (Å²) in [5, 5.41) is 6.25. The number of hydrogen-bond donors (Lipinski definition) is 2. The molecular weight excluding hydrogens is 378 g/mol. The van der Waals surface area contributed by atoms with Crippen LogP contribution in [0.1, 0.15) is 32.6 Å². The Labute approximate surface area is 148 Å². The number of sulfone groups is 1. The van der Waals surface area contributed by atoms with Crippen molar-refractivity contribution >= 4 is 31.7 Å². The van der Waals surface area contributed by atoms with E-state index in [1.807, 2.05) is 0 Å². The summed E-state index contributed by atoms with van der Waals surface area (Å²) in [5.74, 6) is 0.679. The summed E-state index contributed by atoms with van der Waals surface area (Å²) in [6.07, 6.45) is 4.73. The first kappa shape index (κ1) is 20.0. The summed E-state index contributed by atoms with van der Waals surface area (Å²) in [4.78, 5) is 4.44. The summed E-state index contributed by atoms with van der Waals surface area (Å²) >= 11 is 3.30. The molecule has 7 heteroatoms. The summed E-state index contributed by atoms with van der Waals surface area (Å²) < 4.78 is 25.3. The standard InChI is InChI=1S/C16H26BrN3O2S/c1-3-4-5-6-11-19-16(18-2)20-12-13-23(21,22)15-9-7-14(17)8-10-15/h7-10H,3-6,11-13H2,1-2H3,(H2,18,19,20). The smallest absolute Gasteiger partial charge is 0.191 e. The molecular formula is C16H26BrN3O2S. The fraction of sp³-hybridized carbons (Fsp3) is 0.562. The number of halogens is 1. The van der Waals surface area contributed by atoms with Crippen molar-refractivity contribution in [3.05, 3.63) is 28.7 Å². The molecule has 1 aromatic carbocycles. The monoisotopic (exact) mass is 403 g/mol. The zero-order valence-corrected chi connectivity index (χ0v) is 16.2. The first-order chi connectivity index (χ1) is 11.0. The number of rotatable bonds is 9. The molecule has 0 unspecified atom stereocenters. The van der Waals surface area contributed by atoms with Crippen molar-refractivity contribution in [1.29, 1.82) is 0 Å². The molecule has 23 heavy (non-hydrogen) atoms. The van der Waals surface area contributed by atoms with E-state index in [1.165, 1.54) is 19.3 Å². The minimum Gasteiger partial charge on any atom is -0.356 e. The maximum absolute atomic E-state index is 12.2. The Morgan fingerprint density at radius 3 is 2.35 bits per heavy atom. The molecule has 0 radical (unpaired) electrons. The molecule has 0 aliphatic rings. The third kappa shape index (κ3) is 7.83. The highest BCUT2D eigenvalue weighted by Gasteiger charge is 2.14. The molecule has 0 aliphatic carbocycles. The third-order valence-corrected chi connectivity index (χ3v) is 5.64. The second-order valence-corrected chi connectivity index (χ2v) is 8.28. The fourth-order valence-corrected chi connectivity index (χ4v) is 3.46. The van der Waals surface area contributed by atoms with Gasteiger partial charge in [-0.25, -0.2) is 8.42 Å². The number of aliphatic imine (C=N–C) groups is 1. The van der Waals surface area contributed by atoms with Crippen molar-refractivity contribution < 1.29 is 8.42 Å². The summed E-state index contributed by atoms with van der Waals surface area (Å²) in [6, 6.07) is 6.69. The van der Waals surface area contributed by atoms with Crippen LogP contribution in [0.2, 0.25) is 0 Å². The highest BCUT2D eigenvalue weighted by atomic mass is 79.9. The molecule has 0 saturated carbocycles. The van der Waals surface area contributed by atoms with Crippen LogP contribution in [-0.2, 0) is 9.84 Å². The minimum atomic E-state index is -3.28. The van der Waals surface area contributed by atoms with Gasteiger partial charge in [-0.05, 0) is 30.7 Å². The van der Waals surface area contributed by atoms with E-state index in [0.717, 1.165) is 17.4 Å². The fourth-order valence-electron chi connectivity index (χ4n) is 2.04. The third-order valence-electron chi connectivity index (χ3n) is 3.38. The van der Waals surface area contributed by atoms with Crippen LogP contribution in [0, 0.1) is 0 Å². The normalized spacial score (nSPS) is 12.2. The Bertz CT molecular complexity index is 586. The van der Waals surface area contributed by atoms with Crippen molar-refractivity contribution in [3.8, 4) is 0 Å². The van der Waals surface area contributed by atoms with E-state index >= 15 is 0 Å². The van der Waals surface area contributed by atoms with Crippen LogP contribution in [-0.4, -0.2) is 40.3 Å². The molecule has 0 saturated heterocycles. The van der Waals surface area contributed by atoms with Crippen LogP contribution < -0.4 is 10.6 Å². The highest BCUT2D eigenvalue weighted by Crippen LogP contribution is 2.15. The van der Waals surface area contributed by atoms with Crippen molar-refractivity contribution in [3.63, 3.8) is 0 Å². The van der Waals surface area contributed by atoms with E-state index in [-0.39, 0.29) is 5.75 Å². The number of nitrogens with zero attached hydrogens (tertiary/aromatic N) is 1.